The molecule has 9 heteroatoms. The topological polar surface area (TPSA) is 67.2 Å². The van der Waals surface area contributed by atoms with Crippen molar-refractivity contribution in [2.75, 3.05) is 10.6 Å². The third kappa shape index (κ3) is 5.25. The van der Waals surface area contributed by atoms with Gasteiger partial charge in [-0.3, -0.25) is 4.79 Å². The van der Waals surface area contributed by atoms with Gasteiger partial charge in [-0.1, -0.05) is 18.2 Å². The number of nitrogens with one attached hydrogen (secondary N) is 2. The van der Waals surface area contributed by atoms with Gasteiger partial charge in [-0.15, -0.1) is 11.3 Å². The molecule has 4 rings (SSSR count). The van der Waals surface area contributed by atoms with Crippen molar-refractivity contribution in [3.05, 3.63) is 99.9 Å². The fourth-order valence-electron chi connectivity index (χ4n) is 3.40. The van der Waals surface area contributed by atoms with Crippen LogP contribution in [-0.4, -0.2) is 10.9 Å². The summed E-state index contributed by atoms with van der Waals surface area (Å²) in [6.07, 6.45) is -3.02. The largest absolute Gasteiger partial charge is 0.459 e. The van der Waals surface area contributed by atoms with E-state index in [1.165, 1.54) is 29.7 Å². The van der Waals surface area contributed by atoms with E-state index in [4.69, 9.17) is 4.42 Å². The molecule has 3 heterocycles. The van der Waals surface area contributed by atoms with E-state index in [0.717, 1.165) is 22.7 Å². The van der Waals surface area contributed by atoms with E-state index in [9.17, 15) is 18.0 Å². The van der Waals surface area contributed by atoms with Crippen molar-refractivity contribution < 1.29 is 22.4 Å². The number of hydrogen-bond donors (Lipinski definition) is 2. The molecule has 1 amide bonds. The highest BCUT2D eigenvalue weighted by atomic mass is 32.1. The molecule has 0 fully saturated rings. The Morgan fingerprint density at radius 3 is 2.45 bits per heavy atom. The molecule has 1 atom stereocenters. The molecular weight excluding hydrogens is 451 g/mol. The Morgan fingerprint density at radius 1 is 1.06 bits per heavy atom. The molecule has 3 aromatic heterocycles. The van der Waals surface area contributed by atoms with Gasteiger partial charge < -0.3 is 15.1 Å². The highest BCUT2D eigenvalue weighted by Gasteiger charge is 2.31. The quantitative estimate of drug-likeness (QED) is 0.324. The highest BCUT2D eigenvalue weighted by molar-refractivity contribution is 7.16. The van der Waals surface area contributed by atoms with Crippen molar-refractivity contribution in [3.8, 4) is 0 Å². The molecule has 0 aliphatic carbocycles. The van der Waals surface area contributed by atoms with Crippen LogP contribution in [0.1, 0.15) is 43.9 Å². The van der Waals surface area contributed by atoms with E-state index in [2.05, 4.69) is 15.6 Å². The summed E-state index contributed by atoms with van der Waals surface area (Å²) in [6, 6.07) is 14.9. The van der Waals surface area contributed by atoms with Gasteiger partial charge in [-0.25, -0.2) is 4.98 Å². The Balaban J connectivity index is 1.74. The maximum absolute atomic E-state index is 13.1. The van der Waals surface area contributed by atoms with E-state index in [0.29, 0.717) is 21.9 Å². The molecule has 0 radical (unpaired) electrons. The summed E-state index contributed by atoms with van der Waals surface area (Å²) in [5, 5.41) is 6.74. The summed E-state index contributed by atoms with van der Waals surface area (Å²) in [6.45, 7) is 3.74. The number of hydrogen-bond acceptors (Lipinski definition) is 5. The van der Waals surface area contributed by atoms with Crippen LogP contribution in [0.25, 0.3) is 0 Å². The number of aryl methyl sites for hydroxylation is 2. The van der Waals surface area contributed by atoms with Crippen LogP contribution in [0.5, 0.6) is 0 Å². The zero-order valence-corrected chi connectivity index (χ0v) is 18.6. The average Bonchev–Trinajstić information content (AvgIpc) is 3.42. The van der Waals surface area contributed by atoms with Crippen molar-refractivity contribution in [2.24, 2.45) is 0 Å². The number of carbonyl (C=O) groups excluding carboxylic acids is 1. The molecule has 170 valence electrons. The fraction of sp³-hybridized carbons (Fsp3) is 0.167. The van der Waals surface area contributed by atoms with Crippen molar-refractivity contribution in [2.45, 2.75) is 26.1 Å². The number of nitrogens with zero attached hydrogens (tertiary/aromatic N) is 1. The first-order valence-corrected chi connectivity index (χ1v) is 10.8. The standard InChI is InChI=1S/C24H20F3N3O2S/c1-14-5-3-7-20(28-14)29-21(16-8-10-17(11-9-16)24(25,26)27)18-13-15(2)33-23(18)30-22(31)19-6-4-12-32-19/h3-13,21H,1-2H3,(H,28,29)(H,30,31). The number of anilines is 2. The molecule has 33 heavy (non-hydrogen) atoms. The summed E-state index contributed by atoms with van der Waals surface area (Å²) in [5.41, 5.74) is 1.36. The van der Waals surface area contributed by atoms with Gasteiger partial charge >= 0.3 is 6.18 Å². The SMILES string of the molecule is Cc1cccc(NC(c2ccc(C(F)(F)F)cc2)c2cc(C)sc2NC(=O)c2ccco2)n1. The van der Waals surface area contributed by atoms with E-state index < -0.39 is 23.7 Å². The molecule has 1 unspecified atom stereocenters. The lowest BCUT2D eigenvalue weighted by atomic mass is 9.98. The Labute approximate surface area is 192 Å². The molecular formula is C24H20F3N3O2S. The lowest BCUT2D eigenvalue weighted by Crippen LogP contribution is -2.17. The van der Waals surface area contributed by atoms with Gasteiger partial charge in [0.1, 0.15) is 10.8 Å². The summed E-state index contributed by atoms with van der Waals surface area (Å²) < 4.78 is 44.5. The minimum absolute atomic E-state index is 0.159. The lowest BCUT2D eigenvalue weighted by Gasteiger charge is -2.22. The molecule has 0 bridgehead atoms. The fourth-order valence-corrected chi connectivity index (χ4v) is 4.34. The first-order chi connectivity index (χ1) is 15.7. The third-order valence-corrected chi connectivity index (χ3v) is 5.90. The van der Waals surface area contributed by atoms with E-state index in [1.54, 1.807) is 18.2 Å². The predicted octanol–water partition coefficient (Wildman–Crippen LogP) is 6.83. The van der Waals surface area contributed by atoms with Crippen LogP contribution in [0.3, 0.4) is 0 Å². The van der Waals surface area contributed by atoms with E-state index >= 15 is 0 Å². The van der Waals surface area contributed by atoms with Crippen molar-refractivity contribution in [1.29, 1.82) is 0 Å². The lowest BCUT2D eigenvalue weighted by molar-refractivity contribution is -0.137. The second-order valence-electron chi connectivity index (χ2n) is 7.43. The van der Waals surface area contributed by atoms with Crippen LogP contribution in [-0.2, 0) is 6.18 Å². The second-order valence-corrected chi connectivity index (χ2v) is 8.69. The summed E-state index contributed by atoms with van der Waals surface area (Å²) in [7, 11) is 0. The minimum atomic E-state index is -4.43. The van der Waals surface area contributed by atoms with Crippen LogP contribution in [0.4, 0.5) is 24.0 Å². The number of rotatable bonds is 6. The first kappa shape index (κ1) is 22.6. The number of carbonyl (C=O) groups is 1. The van der Waals surface area contributed by atoms with E-state index in [-0.39, 0.29) is 5.76 Å². The van der Waals surface area contributed by atoms with Crippen molar-refractivity contribution in [1.82, 2.24) is 4.98 Å². The van der Waals surface area contributed by atoms with E-state index in [1.807, 2.05) is 32.0 Å². The number of furan rings is 1. The van der Waals surface area contributed by atoms with Crippen LogP contribution in [0.2, 0.25) is 0 Å². The summed E-state index contributed by atoms with van der Waals surface area (Å²) >= 11 is 1.37. The number of thiophene rings is 1. The Bertz CT molecular complexity index is 1250. The average molecular weight is 472 g/mol. The Hall–Kier alpha value is -3.59. The molecule has 5 nitrogen and oxygen atoms in total. The second kappa shape index (κ2) is 9.11. The molecule has 0 saturated carbocycles. The van der Waals surface area contributed by atoms with Gasteiger partial charge in [0.15, 0.2) is 5.76 Å². The zero-order chi connectivity index (χ0) is 23.6. The minimum Gasteiger partial charge on any atom is -0.459 e. The summed E-state index contributed by atoms with van der Waals surface area (Å²) in [4.78, 5) is 18.0. The molecule has 0 aliphatic rings. The number of alkyl halides is 3. The maximum atomic E-state index is 13.1. The Morgan fingerprint density at radius 2 is 1.82 bits per heavy atom. The van der Waals surface area contributed by atoms with Gasteiger partial charge in [0.2, 0.25) is 0 Å². The predicted molar refractivity (Wildman–Crippen MR) is 122 cm³/mol. The van der Waals surface area contributed by atoms with Gasteiger partial charge in [0.25, 0.3) is 5.91 Å². The molecule has 0 aliphatic heterocycles. The van der Waals surface area contributed by atoms with Crippen LogP contribution in [0.15, 0.2) is 71.3 Å². The maximum Gasteiger partial charge on any atom is 0.416 e. The van der Waals surface area contributed by atoms with Gasteiger partial charge in [0, 0.05) is 16.1 Å². The van der Waals surface area contributed by atoms with Gasteiger partial charge in [-0.2, -0.15) is 13.2 Å². The van der Waals surface area contributed by atoms with Crippen molar-refractivity contribution in [3.63, 3.8) is 0 Å². The molecule has 0 saturated heterocycles. The number of halogens is 3. The van der Waals surface area contributed by atoms with Crippen molar-refractivity contribution >= 4 is 28.1 Å². The highest BCUT2D eigenvalue weighted by Crippen LogP contribution is 2.38. The molecule has 2 N–H and O–H groups in total. The van der Waals surface area contributed by atoms with Gasteiger partial charge in [-0.05, 0) is 61.9 Å². The number of pyridine rings is 1. The zero-order valence-electron chi connectivity index (χ0n) is 17.7. The van der Waals surface area contributed by atoms with Crippen LogP contribution < -0.4 is 10.6 Å². The molecule has 1 aromatic carbocycles. The number of benzene rings is 1. The Kier molecular flexibility index (Phi) is 6.24. The van der Waals surface area contributed by atoms with Crippen LogP contribution in [0, 0.1) is 13.8 Å². The van der Waals surface area contributed by atoms with Gasteiger partial charge in [0.05, 0.1) is 17.9 Å². The normalized spacial score (nSPS) is 12.4. The number of aromatic nitrogens is 1. The van der Waals surface area contributed by atoms with Crippen LogP contribution >= 0.6 is 11.3 Å². The third-order valence-electron chi connectivity index (χ3n) is 4.92. The smallest absolute Gasteiger partial charge is 0.416 e. The summed E-state index contributed by atoms with van der Waals surface area (Å²) in [5.74, 6) is 0.307. The molecule has 0 spiro atoms. The first-order valence-electron chi connectivity index (χ1n) is 10.0. The molecule has 4 aromatic rings. The number of amides is 1. The monoisotopic (exact) mass is 471 g/mol.